The Labute approximate surface area is 146 Å². The number of primary sulfonamides is 1. The number of halogens is 2. The summed E-state index contributed by atoms with van der Waals surface area (Å²) in [5.41, 5.74) is 2.32. The molecule has 2 aromatic carbocycles. The molecule has 138 valence electrons. The van der Waals surface area contributed by atoms with Gasteiger partial charge in [0.15, 0.2) is 0 Å². The first-order chi connectivity index (χ1) is 12.2. The Morgan fingerprint density at radius 3 is 2.42 bits per heavy atom. The van der Waals surface area contributed by atoms with E-state index in [9.17, 15) is 27.3 Å². The second-order valence-electron chi connectivity index (χ2n) is 4.80. The Morgan fingerprint density at radius 1 is 1.23 bits per heavy atom. The Bertz CT molecular complexity index is 933. The van der Waals surface area contributed by atoms with Crippen LogP contribution in [0.15, 0.2) is 52.5 Å². The van der Waals surface area contributed by atoms with E-state index in [0.29, 0.717) is 5.56 Å². The van der Waals surface area contributed by atoms with Crippen LogP contribution in [0.5, 0.6) is 5.75 Å². The van der Waals surface area contributed by atoms with E-state index < -0.39 is 32.1 Å². The number of nitro groups is 1. The van der Waals surface area contributed by atoms with Gasteiger partial charge in [0.05, 0.1) is 16.0 Å². The van der Waals surface area contributed by atoms with E-state index in [1.54, 1.807) is 0 Å². The summed E-state index contributed by atoms with van der Waals surface area (Å²) < 4.78 is 50.8. The number of hydrogen-bond acceptors (Lipinski definition) is 7. The zero-order chi connectivity index (χ0) is 19.3. The van der Waals surface area contributed by atoms with Crippen LogP contribution in [0.1, 0.15) is 5.56 Å². The number of rotatable bonds is 7. The second kappa shape index (κ2) is 7.84. The molecule has 0 spiro atoms. The van der Waals surface area contributed by atoms with Gasteiger partial charge in [0, 0.05) is 6.07 Å². The fourth-order valence-electron chi connectivity index (χ4n) is 1.85. The summed E-state index contributed by atoms with van der Waals surface area (Å²) >= 11 is 0. The van der Waals surface area contributed by atoms with Crippen LogP contribution in [-0.4, -0.2) is 26.2 Å². The van der Waals surface area contributed by atoms with Crippen molar-refractivity contribution in [2.45, 2.75) is 11.5 Å². The molecule has 3 N–H and O–H groups in total. The van der Waals surface area contributed by atoms with E-state index in [4.69, 9.17) is 5.14 Å². The van der Waals surface area contributed by atoms with Gasteiger partial charge < -0.3 is 4.74 Å². The highest BCUT2D eigenvalue weighted by atomic mass is 32.2. The highest BCUT2D eigenvalue weighted by Gasteiger charge is 2.18. The summed E-state index contributed by atoms with van der Waals surface area (Å²) in [5.74, 6) is -0.0284. The standard InChI is InChI=1S/C14H12F2N4O5S/c15-14(16)25-10-3-1-9(2-4-10)8-18-19-12-6-5-11(26(17,23)24)7-13(12)20(21)22/h1-8,14,19H,(H2,17,23,24). The molecule has 0 saturated heterocycles. The van der Waals surface area contributed by atoms with E-state index in [-0.39, 0.29) is 11.4 Å². The summed E-state index contributed by atoms with van der Waals surface area (Å²) in [5, 5.41) is 19.8. The van der Waals surface area contributed by atoms with Gasteiger partial charge in [-0.15, -0.1) is 0 Å². The number of hydrazone groups is 1. The Balaban J connectivity index is 2.15. The van der Waals surface area contributed by atoms with Crippen LogP contribution in [0, 0.1) is 10.1 Å². The van der Waals surface area contributed by atoms with Crippen molar-refractivity contribution in [2.24, 2.45) is 10.2 Å². The molecule has 0 aromatic heterocycles. The minimum atomic E-state index is -4.09. The second-order valence-corrected chi connectivity index (χ2v) is 6.36. The summed E-state index contributed by atoms with van der Waals surface area (Å²) in [6.07, 6.45) is 1.28. The summed E-state index contributed by atoms with van der Waals surface area (Å²) in [4.78, 5) is 9.86. The third-order valence-corrected chi connectivity index (χ3v) is 3.91. The van der Waals surface area contributed by atoms with Crippen molar-refractivity contribution in [3.63, 3.8) is 0 Å². The molecule has 2 rings (SSSR count). The normalized spacial score (nSPS) is 11.7. The Morgan fingerprint density at radius 2 is 1.88 bits per heavy atom. The fraction of sp³-hybridized carbons (Fsp3) is 0.0714. The van der Waals surface area contributed by atoms with Crippen LogP contribution in [0.2, 0.25) is 0 Å². The highest BCUT2D eigenvalue weighted by Crippen LogP contribution is 2.27. The monoisotopic (exact) mass is 386 g/mol. The molecule has 12 heteroatoms. The first-order valence-corrected chi connectivity index (χ1v) is 8.36. The Kier molecular flexibility index (Phi) is 5.79. The lowest BCUT2D eigenvalue weighted by molar-refractivity contribution is -0.384. The average Bonchev–Trinajstić information content (AvgIpc) is 2.55. The van der Waals surface area contributed by atoms with Gasteiger partial charge in [0.2, 0.25) is 10.0 Å². The maximum Gasteiger partial charge on any atom is 0.387 e. The van der Waals surface area contributed by atoms with E-state index in [1.807, 2.05) is 0 Å². The van der Waals surface area contributed by atoms with E-state index in [1.165, 1.54) is 30.5 Å². The molecule has 0 aliphatic rings. The number of sulfonamides is 1. The van der Waals surface area contributed by atoms with E-state index in [0.717, 1.165) is 18.2 Å². The molecule has 0 heterocycles. The first kappa shape index (κ1) is 19.2. The smallest absolute Gasteiger partial charge is 0.387 e. The number of nitrogens with two attached hydrogens (primary N) is 1. The predicted octanol–water partition coefficient (Wildman–Crippen LogP) is 2.29. The Hall–Kier alpha value is -3.12. The third-order valence-electron chi connectivity index (χ3n) is 3.00. The van der Waals surface area contributed by atoms with Crippen LogP contribution in [0.4, 0.5) is 20.2 Å². The number of nitro benzene ring substituents is 1. The van der Waals surface area contributed by atoms with Crippen LogP contribution < -0.4 is 15.3 Å². The van der Waals surface area contributed by atoms with Crippen LogP contribution >= 0.6 is 0 Å². The van der Waals surface area contributed by atoms with Crippen molar-refractivity contribution in [3.8, 4) is 5.75 Å². The van der Waals surface area contributed by atoms with Crippen LogP contribution in [-0.2, 0) is 10.0 Å². The molecule has 0 atom stereocenters. The first-order valence-electron chi connectivity index (χ1n) is 6.82. The van der Waals surface area contributed by atoms with Gasteiger partial charge >= 0.3 is 6.61 Å². The topological polar surface area (TPSA) is 137 Å². The zero-order valence-electron chi connectivity index (χ0n) is 12.9. The average molecular weight is 386 g/mol. The molecular weight excluding hydrogens is 374 g/mol. The minimum Gasteiger partial charge on any atom is -0.435 e. The van der Waals surface area contributed by atoms with Crippen molar-refractivity contribution < 1.29 is 26.9 Å². The molecule has 0 saturated carbocycles. The van der Waals surface area contributed by atoms with Crippen molar-refractivity contribution in [1.82, 2.24) is 0 Å². The number of anilines is 1. The molecule has 2 aromatic rings. The largest absolute Gasteiger partial charge is 0.435 e. The zero-order valence-corrected chi connectivity index (χ0v) is 13.7. The lowest BCUT2D eigenvalue weighted by Gasteiger charge is -2.05. The SMILES string of the molecule is NS(=O)(=O)c1ccc(NN=Cc2ccc(OC(F)F)cc2)c([N+](=O)[O-])c1. The predicted molar refractivity (Wildman–Crippen MR) is 88.8 cm³/mol. The molecule has 0 aliphatic carbocycles. The van der Waals surface area contributed by atoms with Gasteiger partial charge in [-0.3, -0.25) is 15.5 Å². The molecule has 9 nitrogen and oxygen atoms in total. The van der Waals surface area contributed by atoms with E-state index in [2.05, 4.69) is 15.3 Å². The van der Waals surface area contributed by atoms with Gasteiger partial charge in [-0.25, -0.2) is 13.6 Å². The van der Waals surface area contributed by atoms with Crippen molar-refractivity contribution in [1.29, 1.82) is 0 Å². The number of nitrogens with one attached hydrogen (secondary N) is 1. The highest BCUT2D eigenvalue weighted by molar-refractivity contribution is 7.89. The van der Waals surface area contributed by atoms with Crippen molar-refractivity contribution in [3.05, 3.63) is 58.1 Å². The number of benzene rings is 2. The lowest BCUT2D eigenvalue weighted by atomic mass is 10.2. The maximum atomic E-state index is 12.1. The van der Waals surface area contributed by atoms with Gasteiger partial charge in [-0.05, 0) is 42.0 Å². The summed E-state index contributed by atoms with van der Waals surface area (Å²) in [6.45, 7) is -2.93. The number of alkyl halides is 2. The van der Waals surface area contributed by atoms with E-state index >= 15 is 0 Å². The molecule has 26 heavy (non-hydrogen) atoms. The minimum absolute atomic E-state index is 0.0284. The van der Waals surface area contributed by atoms with Crippen LogP contribution in [0.25, 0.3) is 0 Å². The van der Waals surface area contributed by atoms with Gasteiger partial charge in [-0.1, -0.05) is 0 Å². The third kappa shape index (κ3) is 5.19. The van der Waals surface area contributed by atoms with Crippen molar-refractivity contribution >= 4 is 27.6 Å². The fourth-order valence-corrected chi connectivity index (χ4v) is 2.38. The van der Waals surface area contributed by atoms with Gasteiger partial charge in [-0.2, -0.15) is 13.9 Å². The quantitative estimate of drug-likeness (QED) is 0.425. The van der Waals surface area contributed by atoms with Crippen LogP contribution in [0.3, 0.4) is 0 Å². The van der Waals surface area contributed by atoms with Crippen molar-refractivity contribution in [2.75, 3.05) is 5.43 Å². The molecule has 0 fully saturated rings. The van der Waals surface area contributed by atoms with Gasteiger partial charge in [0.1, 0.15) is 11.4 Å². The molecule has 0 radical (unpaired) electrons. The molecule has 0 bridgehead atoms. The summed E-state index contributed by atoms with van der Waals surface area (Å²) in [6, 6.07) is 8.55. The molecule has 0 unspecified atom stereocenters. The van der Waals surface area contributed by atoms with Gasteiger partial charge in [0.25, 0.3) is 5.69 Å². The number of nitrogens with zero attached hydrogens (tertiary/aromatic N) is 2. The molecule has 0 aliphatic heterocycles. The maximum absolute atomic E-state index is 12.1. The summed E-state index contributed by atoms with van der Waals surface area (Å²) in [7, 11) is -4.09. The molecular formula is C14H12F2N4O5S. The number of hydrogen-bond donors (Lipinski definition) is 2. The molecule has 0 amide bonds. The lowest BCUT2D eigenvalue weighted by Crippen LogP contribution is -2.12. The number of ether oxygens (including phenoxy) is 1.